The molecule has 0 N–H and O–H groups in total. The second-order valence-electron chi connectivity index (χ2n) is 7.62. The van der Waals surface area contributed by atoms with Crippen molar-refractivity contribution in [2.75, 3.05) is 6.54 Å². The van der Waals surface area contributed by atoms with E-state index in [4.69, 9.17) is 0 Å². The first kappa shape index (κ1) is 19.1. The van der Waals surface area contributed by atoms with E-state index in [1.165, 1.54) is 5.56 Å². The number of rotatable bonds is 4. The van der Waals surface area contributed by atoms with Crippen LogP contribution in [0.1, 0.15) is 68.2 Å². The van der Waals surface area contributed by atoms with E-state index in [-0.39, 0.29) is 6.04 Å². The molecular weight excluding hydrogens is 342 g/mol. The van der Waals surface area contributed by atoms with Gasteiger partial charge in [0.1, 0.15) is 0 Å². The first-order valence-electron chi connectivity index (χ1n) is 9.58. The molecule has 3 nitrogen and oxygen atoms in total. The lowest BCUT2D eigenvalue weighted by Gasteiger charge is -2.30. The number of sulfonamides is 1. The summed E-state index contributed by atoms with van der Waals surface area (Å²) in [4.78, 5) is 0.404. The molecule has 1 unspecified atom stereocenters. The summed E-state index contributed by atoms with van der Waals surface area (Å²) in [5, 5.41) is 0. The molecule has 0 amide bonds. The van der Waals surface area contributed by atoms with Gasteiger partial charge in [0.15, 0.2) is 0 Å². The van der Waals surface area contributed by atoms with E-state index >= 15 is 0 Å². The number of nitrogens with zero attached hydrogens (tertiary/aromatic N) is 1. The molecule has 0 bridgehead atoms. The zero-order valence-corrected chi connectivity index (χ0v) is 16.8. The van der Waals surface area contributed by atoms with E-state index in [0.717, 1.165) is 36.8 Å². The highest BCUT2D eigenvalue weighted by Gasteiger charge is 2.33. The summed E-state index contributed by atoms with van der Waals surface area (Å²) >= 11 is 0. The molecule has 0 spiro atoms. The molecule has 2 aromatic carbocycles. The van der Waals surface area contributed by atoms with Crippen LogP contribution in [0, 0.1) is 6.92 Å². The minimum Gasteiger partial charge on any atom is -0.207 e. The van der Waals surface area contributed by atoms with Gasteiger partial charge < -0.3 is 0 Å². The fourth-order valence-corrected chi connectivity index (χ4v) is 5.42. The van der Waals surface area contributed by atoms with Gasteiger partial charge in [-0.25, -0.2) is 8.42 Å². The van der Waals surface area contributed by atoms with Crippen molar-refractivity contribution in [1.29, 1.82) is 0 Å². The van der Waals surface area contributed by atoms with Gasteiger partial charge in [-0.1, -0.05) is 68.7 Å². The molecule has 26 heavy (non-hydrogen) atoms. The number of benzene rings is 2. The SMILES string of the molecule is Cc1cccc(C2CCCCCN2S(=O)(=O)c2ccc(C(C)C)cc2)c1. The Kier molecular flexibility index (Phi) is 5.83. The topological polar surface area (TPSA) is 37.4 Å². The minimum absolute atomic E-state index is 0.0767. The van der Waals surface area contributed by atoms with Crippen LogP contribution in [0.2, 0.25) is 0 Å². The zero-order chi connectivity index (χ0) is 18.7. The number of hydrogen-bond donors (Lipinski definition) is 0. The average Bonchev–Trinajstić information content (AvgIpc) is 2.88. The van der Waals surface area contributed by atoms with Gasteiger partial charge >= 0.3 is 0 Å². The first-order chi connectivity index (χ1) is 12.4. The third-order valence-corrected chi connectivity index (χ3v) is 7.21. The molecule has 1 aliphatic rings. The molecule has 1 fully saturated rings. The fraction of sp³-hybridized carbons (Fsp3) is 0.455. The van der Waals surface area contributed by atoms with Crippen LogP contribution in [-0.4, -0.2) is 19.3 Å². The monoisotopic (exact) mass is 371 g/mol. The van der Waals surface area contributed by atoms with Gasteiger partial charge in [0.05, 0.1) is 10.9 Å². The predicted octanol–water partition coefficient (Wildman–Crippen LogP) is 5.42. The molecule has 140 valence electrons. The summed E-state index contributed by atoms with van der Waals surface area (Å²) in [5.41, 5.74) is 3.44. The summed E-state index contributed by atoms with van der Waals surface area (Å²) in [6.07, 6.45) is 3.95. The van der Waals surface area contributed by atoms with Crippen molar-refractivity contribution in [2.24, 2.45) is 0 Å². The highest BCUT2D eigenvalue weighted by atomic mass is 32.2. The normalized spacial score (nSPS) is 19.5. The lowest BCUT2D eigenvalue weighted by atomic mass is 10.0. The van der Waals surface area contributed by atoms with Crippen molar-refractivity contribution >= 4 is 10.0 Å². The number of hydrogen-bond acceptors (Lipinski definition) is 2. The largest absolute Gasteiger partial charge is 0.243 e. The van der Waals surface area contributed by atoms with Gasteiger partial charge in [-0.15, -0.1) is 0 Å². The minimum atomic E-state index is -3.50. The Labute approximate surface area is 158 Å². The van der Waals surface area contributed by atoms with Crippen molar-refractivity contribution in [3.8, 4) is 0 Å². The molecule has 2 aromatic rings. The Morgan fingerprint density at radius 2 is 1.73 bits per heavy atom. The van der Waals surface area contributed by atoms with E-state index in [2.05, 4.69) is 39.0 Å². The summed E-state index contributed by atoms with van der Waals surface area (Å²) in [6.45, 7) is 6.88. The average molecular weight is 372 g/mol. The van der Waals surface area contributed by atoms with E-state index < -0.39 is 10.0 Å². The molecule has 1 aliphatic heterocycles. The lowest BCUT2D eigenvalue weighted by molar-refractivity contribution is 0.329. The van der Waals surface area contributed by atoms with Gasteiger partial charge in [-0.2, -0.15) is 4.31 Å². The summed E-state index contributed by atoms with van der Waals surface area (Å²) in [6, 6.07) is 15.6. The van der Waals surface area contributed by atoms with Crippen LogP contribution in [0.4, 0.5) is 0 Å². The molecular formula is C22H29NO2S. The van der Waals surface area contributed by atoms with Gasteiger partial charge in [-0.3, -0.25) is 0 Å². The van der Waals surface area contributed by atoms with Gasteiger partial charge in [0.25, 0.3) is 0 Å². The molecule has 1 saturated heterocycles. The van der Waals surface area contributed by atoms with Crippen molar-refractivity contribution < 1.29 is 8.42 Å². The summed E-state index contributed by atoms with van der Waals surface area (Å²) in [7, 11) is -3.50. The maximum absolute atomic E-state index is 13.4. The molecule has 1 atom stereocenters. The van der Waals surface area contributed by atoms with Crippen molar-refractivity contribution in [3.05, 3.63) is 65.2 Å². The van der Waals surface area contributed by atoms with Gasteiger partial charge in [0.2, 0.25) is 10.0 Å². The lowest BCUT2D eigenvalue weighted by Crippen LogP contribution is -2.34. The van der Waals surface area contributed by atoms with Crippen LogP contribution in [0.15, 0.2) is 53.4 Å². The smallest absolute Gasteiger partial charge is 0.207 e. The Hall–Kier alpha value is -1.65. The Morgan fingerprint density at radius 3 is 2.38 bits per heavy atom. The molecule has 1 heterocycles. The molecule has 3 rings (SSSR count). The fourth-order valence-electron chi connectivity index (χ4n) is 3.74. The highest BCUT2D eigenvalue weighted by Crippen LogP contribution is 2.35. The van der Waals surface area contributed by atoms with Crippen LogP contribution in [0.3, 0.4) is 0 Å². The van der Waals surface area contributed by atoms with Crippen molar-refractivity contribution in [3.63, 3.8) is 0 Å². The van der Waals surface area contributed by atoms with Crippen LogP contribution >= 0.6 is 0 Å². The van der Waals surface area contributed by atoms with Crippen LogP contribution in [0.5, 0.6) is 0 Å². The zero-order valence-electron chi connectivity index (χ0n) is 16.0. The van der Waals surface area contributed by atoms with Gasteiger partial charge in [0, 0.05) is 6.54 Å². The molecule has 4 heteroatoms. The van der Waals surface area contributed by atoms with E-state index in [9.17, 15) is 8.42 Å². The third-order valence-electron chi connectivity index (χ3n) is 5.28. The van der Waals surface area contributed by atoms with E-state index in [1.54, 1.807) is 16.4 Å². The standard InChI is InChI=1S/C22H29NO2S/c1-17(2)19-11-13-21(14-12-19)26(24,25)23-15-6-4-5-10-22(23)20-9-7-8-18(3)16-20/h7-9,11-14,16-17,22H,4-6,10,15H2,1-3H3. The Bertz CT molecular complexity index is 841. The predicted molar refractivity (Wildman–Crippen MR) is 107 cm³/mol. The second kappa shape index (κ2) is 7.93. The summed E-state index contributed by atoms with van der Waals surface area (Å²) < 4.78 is 28.6. The number of aryl methyl sites for hydroxylation is 1. The summed E-state index contributed by atoms with van der Waals surface area (Å²) in [5.74, 6) is 0.394. The van der Waals surface area contributed by atoms with Crippen LogP contribution < -0.4 is 0 Å². The second-order valence-corrected chi connectivity index (χ2v) is 9.51. The first-order valence-corrected chi connectivity index (χ1v) is 11.0. The Morgan fingerprint density at radius 1 is 1.00 bits per heavy atom. The van der Waals surface area contributed by atoms with Crippen LogP contribution in [0.25, 0.3) is 0 Å². The van der Waals surface area contributed by atoms with Gasteiger partial charge in [-0.05, 0) is 48.9 Å². The van der Waals surface area contributed by atoms with E-state index in [1.807, 2.05) is 18.2 Å². The van der Waals surface area contributed by atoms with Crippen molar-refractivity contribution in [2.45, 2.75) is 63.3 Å². The Balaban J connectivity index is 1.98. The van der Waals surface area contributed by atoms with E-state index in [0.29, 0.717) is 17.4 Å². The maximum Gasteiger partial charge on any atom is 0.243 e. The molecule has 0 radical (unpaired) electrons. The molecule has 0 aliphatic carbocycles. The maximum atomic E-state index is 13.4. The highest BCUT2D eigenvalue weighted by molar-refractivity contribution is 7.89. The third kappa shape index (κ3) is 4.02. The van der Waals surface area contributed by atoms with Crippen LogP contribution in [-0.2, 0) is 10.0 Å². The van der Waals surface area contributed by atoms with Crippen molar-refractivity contribution in [1.82, 2.24) is 4.31 Å². The molecule has 0 saturated carbocycles. The molecule has 0 aromatic heterocycles. The quantitative estimate of drug-likeness (QED) is 0.719.